The molecule has 1 heterocycles. The van der Waals surface area contributed by atoms with Crippen molar-refractivity contribution in [1.29, 1.82) is 0 Å². The summed E-state index contributed by atoms with van der Waals surface area (Å²) in [5.74, 6) is -5.04. The molecule has 0 spiro atoms. The Balaban J connectivity index is 3.10. The van der Waals surface area contributed by atoms with E-state index in [2.05, 4.69) is 0 Å². The molecular formula is C14H18F3NO9. The van der Waals surface area contributed by atoms with Gasteiger partial charge < -0.3 is 29.4 Å². The van der Waals surface area contributed by atoms with Gasteiger partial charge in [-0.3, -0.25) is 19.2 Å². The summed E-state index contributed by atoms with van der Waals surface area (Å²) in [5.41, 5.74) is 0. The van der Waals surface area contributed by atoms with E-state index in [1.807, 2.05) is 0 Å². The van der Waals surface area contributed by atoms with Crippen LogP contribution < -0.4 is 5.32 Å². The zero-order valence-electron chi connectivity index (χ0n) is 14.4. The summed E-state index contributed by atoms with van der Waals surface area (Å²) in [5, 5.41) is 11.5. The Hall–Kier alpha value is -2.41. The molecule has 10 nitrogen and oxygen atoms in total. The predicted molar refractivity (Wildman–Crippen MR) is 76.6 cm³/mol. The smallest absolute Gasteiger partial charge is 0.456 e. The van der Waals surface area contributed by atoms with Gasteiger partial charge in [0, 0.05) is 27.3 Å². The summed E-state index contributed by atoms with van der Waals surface area (Å²) in [6, 6.07) is 0. The average molecular weight is 401 g/mol. The van der Waals surface area contributed by atoms with E-state index in [9.17, 15) is 37.5 Å². The molecule has 0 aromatic carbocycles. The van der Waals surface area contributed by atoms with E-state index < -0.39 is 67.2 Å². The van der Waals surface area contributed by atoms with E-state index >= 15 is 0 Å². The van der Waals surface area contributed by atoms with Crippen molar-refractivity contribution in [2.75, 3.05) is 6.54 Å². The van der Waals surface area contributed by atoms with Crippen LogP contribution in [0.5, 0.6) is 0 Å². The van der Waals surface area contributed by atoms with Crippen molar-refractivity contribution in [2.24, 2.45) is 0 Å². The number of rotatable bonds is 5. The topological polar surface area (TPSA) is 137 Å². The largest absolute Gasteiger partial charge is 0.471 e. The van der Waals surface area contributed by atoms with Gasteiger partial charge in [-0.25, -0.2) is 0 Å². The Bertz CT molecular complexity index is 595. The number of carbonyl (C=O) groups is 4. The van der Waals surface area contributed by atoms with Crippen LogP contribution in [0, 0.1) is 0 Å². The minimum Gasteiger partial charge on any atom is -0.456 e. The van der Waals surface area contributed by atoms with Crippen LogP contribution in [0.2, 0.25) is 0 Å². The Labute approximate surface area is 150 Å². The van der Waals surface area contributed by atoms with Crippen molar-refractivity contribution >= 4 is 23.8 Å². The normalized spacial score (nSPS) is 28.0. The van der Waals surface area contributed by atoms with Gasteiger partial charge in [-0.2, -0.15) is 13.2 Å². The van der Waals surface area contributed by atoms with Gasteiger partial charge in [-0.05, 0) is 0 Å². The number of amides is 1. The highest BCUT2D eigenvalue weighted by Gasteiger charge is 2.51. The molecule has 0 aromatic heterocycles. The second kappa shape index (κ2) is 8.99. The van der Waals surface area contributed by atoms with Crippen LogP contribution >= 0.6 is 0 Å². The molecule has 27 heavy (non-hydrogen) atoms. The third kappa shape index (κ3) is 6.67. The van der Waals surface area contributed by atoms with E-state index in [4.69, 9.17) is 18.9 Å². The minimum atomic E-state index is -5.18. The molecule has 1 amide bonds. The maximum absolute atomic E-state index is 12.3. The Morgan fingerprint density at radius 3 is 1.81 bits per heavy atom. The standard InChI is InChI=1S/C14H18F3NO9/c1-5(19)24-9-8(4-18-13(23)14(15,16)17)27-12(22)11(26-7(3)21)10(9)25-6(2)20/h8-12,22H,4H2,1-3H3,(H,18,23)/t8-,9+,10+,11-,12-/m1/s1. The van der Waals surface area contributed by atoms with Gasteiger partial charge in [0.15, 0.2) is 24.6 Å². The zero-order valence-corrected chi connectivity index (χ0v) is 14.4. The summed E-state index contributed by atoms with van der Waals surface area (Å²) < 4.78 is 56.6. The molecule has 13 heteroatoms. The molecule has 1 saturated heterocycles. The number of hydrogen-bond donors (Lipinski definition) is 2. The Morgan fingerprint density at radius 2 is 1.37 bits per heavy atom. The van der Waals surface area contributed by atoms with E-state index in [1.165, 1.54) is 5.32 Å². The number of esters is 3. The molecule has 0 aromatic rings. The van der Waals surface area contributed by atoms with Crippen molar-refractivity contribution in [3.63, 3.8) is 0 Å². The second-order valence-electron chi connectivity index (χ2n) is 5.50. The third-order valence-electron chi connectivity index (χ3n) is 3.24. The van der Waals surface area contributed by atoms with Gasteiger partial charge >= 0.3 is 30.0 Å². The lowest BCUT2D eigenvalue weighted by Crippen LogP contribution is -2.63. The monoisotopic (exact) mass is 401 g/mol. The van der Waals surface area contributed by atoms with E-state index in [-0.39, 0.29) is 0 Å². The van der Waals surface area contributed by atoms with E-state index in [0.29, 0.717) is 0 Å². The summed E-state index contributed by atoms with van der Waals surface area (Å²) in [7, 11) is 0. The molecule has 154 valence electrons. The molecule has 1 rings (SSSR count). The highest BCUT2D eigenvalue weighted by Crippen LogP contribution is 2.28. The SMILES string of the molecule is CC(=O)O[C@@H]1[C@@H](OC(C)=O)[C@H](O)O[C@H](CNC(=O)C(F)(F)F)[C@@H]1OC(C)=O. The van der Waals surface area contributed by atoms with Gasteiger partial charge in [0.05, 0.1) is 0 Å². The van der Waals surface area contributed by atoms with Crippen LogP contribution in [0.4, 0.5) is 13.2 Å². The average Bonchev–Trinajstić information content (AvgIpc) is 2.49. The zero-order chi connectivity index (χ0) is 20.9. The Morgan fingerprint density at radius 1 is 0.926 bits per heavy atom. The molecule has 0 saturated carbocycles. The minimum absolute atomic E-state index is 0.849. The Kier molecular flexibility index (Phi) is 7.54. The van der Waals surface area contributed by atoms with Crippen molar-refractivity contribution in [2.45, 2.75) is 57.7 Å². The highest BCUT2D eigenvalue weighted by molar-refractivity contribution is 5.81. The number of hydrogen-bond acceptors (Lipinski definition) is 9. The quantitative estimate of drug-likeness (QED) is 0.447. The van der Waals surface area contributed by atoms with Crippen LogP contribution in [0.3, 0.4) is 0 Å². The number of aliphatic hydroxyl groups excluding tert-OH is 1. The molecule has 0 bridgehead atoms. The molecule has 0 radical (unpaired) electrons. The van der Waals surface area contributed by atoms with Crippen molar-refractivity contribution in [3.05, 3.63) is 0 Å². The first-order chi connectivity index (χ1) is 12.3. The number of aliphatic hydroxyl groups is 1. The molecule has 1 aliphatic heterocycles. The number of alkyl halides is 3. The summed E-state index contributed by atoms with van der Waals surface area (Å²) in [6.45, 7) is 2.06. The van der Waals surface area contributed by atoms with Gasteiger partial charge in [-0.15, -0.1) is 0 Å². The molecule has 2 N–H and O–H groups in total. The number of carbonyl (C=O) groups excluding carboxylic acids is 4. The molecule has 0 aliphatic carbocycles. The first-order valence-electron chi connectivity index (χ1n) is 7.53. The first-order valence-corrected chi connectivity index (χ1v) is 7.53. The lowest BCUT2D eigenvalue weighted by atomic mass is 9.97. The van der Waals surface area contributed by atoms with Crippen LogP contribution in [0.25, 0.3) is 0 Å². The molecule has 1 aliphatic rings. The van der Waals surface area contributed by atoms with E-state index in [0.717, 1.165) is 20.8 Å². The molecule has 1 fully saturated rings. The fourth-order valence-corrected chi connectivity index (χ4v) is 2.33. The number of nitrogens with one attached hydrogen (secondary N) is 1. The summed E-state index contributed by atoms with van der Waals surface area (Å²) in [4.78, 5) is 44.9. The van der Waals surface area contributed by atoms with Crippen molar-refractivity contribution in [1.82, 2.24) is 5.32 Å². The van der Waals surface area contributed by atoms with E-state index in [1.54, 1.807) is 0 Å². The summed E-state index contributed by atoms with van der Waals surface area (Å²) >= 11 is 0. The van der Waals surface area contributed by atoms with Crippen molar-refractivity contribution < 1.29 is 56.4 Å². The van der Waals surface area contributed by atoms with Gasteiger partial charge in [0.2, 0.25) is 0 Å². The maximum atomic E-state index is 12.3. The number of halogens is 3. The van der Waals surface area contributed by atoms with Crippen LogP contribution in [-0.2, 0) is 38.1 Å². The third-order valence-corrected chi connectivity index (χ3v) is 3.24. The van der Waals surface area contributed by atoms with Crippen LogP contribution in [0.15, 0.2) is 0 Å². The highest BCUT2D eigenvalue weighted by atomic mass is 19.4. The fourth-order valence-electron chi connectivity index (χ4n) is 2.33. The van der Waals surface area contributed by atoms with Gasteiger partial charge in [0.1, 0.15) is 6.10 Å². The maximum Gasteiger partial charge on any atom is 0.471 e. The van der Waals surface area contributed by atoms with Crippen LogP contribution in [0.1, 0.15) is 20.8 Å². The fraction of sp³-hybridized carbons (Fsp3) is 0.714. The lowest BCUT2D eigenvalue weighted by molar-refractivity contribution is -0.290. The molecule has 0 unspecified atom stereocenters. The van der Waals surface area contributed by atoms with Crippen LogP contribution in [-0.4, -0.2) is 72.3 Å². The summed E-state index contributed by atoms with van der Waals surface area (Å²) in [6.07, 6.45) is -13.4. The molecule has 5 atom stereocenters. The number of ether oxygens (including phenoxy) is 4. The molecular weight excluding hydrogens is 383 g/mol. The predicted octanol–water partition coefficient (Wildman–Crippen LogP) is -0.823. The van der Waals surface area contributed by atoms with Gasteiger partial charge in [-0.1, -0.05) is 0 Å². The lowest BCUT2D eigenvalue weighted by Gasteiger charge is -2.42. The second-order valence-corrected chi connectivity index (χ2v) is 5.50. The van der Waals surface area contributed by atoms with Crippen molar-refractivity contribution in [3.8, 4) is 0 Å². The first kappa shape index (κ1) is 22.6. The van der Waals surface area contributed by atoms with Gasteiger partial charge in [0.25, 0.3) is 0 Å².